The molecule has 0 amide bonds. The Kier molecular flexibility index (Phi) is 5.65. The molecular formula is C26H36N8. The molecule has 6 rings (SSSR count). The highest BCUT2D eigenvalue weighted by Gasteiger charge is 2.40. The molecule has 3 aliphatic rings. The van der Waals surface area contributed by atoms with E-state index in [1.54, 1.807) is 0 Å². The lowest BCUT2D eigenvalue weighted by Gasteiger charge is -2.37. The van der Waals surface area contributed by atoms with Gasteiger partial charge >= 0.3 is 0 Å². The number of anilines is 3. The van der Waals surface area contributed by atoms with Crippen molar-refractivity contribution in [3.8, 4) is 0 Å². The van der Waals surface area contributed by atoms with Gasteiger partial charge in [-0.3, -0.25) is 4.90 Å². The van der Waals surface area contributed by atoms with Crippen molar-refractivity contribution in [2.45, 2.75) is 64.1 Å². The highest BCUT2D eigenvalue weighted by atomic mass is 15.3. The van der Waals surface area contributed by atoms with E-state index in [2.05, 4.69) is 56.0 Å². The number of nitrogens with zero attached hydrogens (tertiary/aromatic N) is 6. The molecule has 3 aromatic rings. The monoisotopic (exact) mass is 460 g/mol. The number of likely N-dealkylation sites (N-methyl/N-ethyl adjacent to an activating group) is 1. The van der Waals surface area contributed by atoms with Crippen LogP contribution in [0.2, 0.25) is 0 Å². The van der Waals surface area contributed by atoms with Crippen molar-refractivity contribution in [3.63, 3.8) is 0 Å². The average Bonchev–Trinajstić information content (AvgIpc) is 3.60. The van der Waals surface area contributed by atoms with Gasteiger partial charge in [-0.05, 0) is 50.6 Å². The fourth-order valence-electron chi connectivity index (χ4n) is 6.47. The van der Waals surface area contributed by atoms with Crippen molar-refractivity contribution in [1.29, 1.82) is 0 Å². The molecular weight excluding hydrogens is 424 g/mol. The minimum atomic E-state index is 0.166. The molecule has 2 fully saturated rings. The summed E-state index contributed by atoms with van der Waals surface area (Å²) in [4.78, 5) is 19.3. The first-order valence-electron chi connectivity index (χ1n) is 13.0. The molecule has 2 N–H and O–H groups in total. The Bertz CT molecular complexity index is 1140. The molecule has 1 aliphatic carbocycles. The smallest absolute Gasteiger partial charge is 0.230 e. The third-order valence-corrected chi connectivity index (χ3v) is 8.23. The van der Waals surface area contributed by atoms with Crippen LogP contribution in [0.5, 0.6) is 0 Å². The number of fused-ring (bicyclic) bond motifs is 4. The summed E-state index contributed by atoms with van der Waals surface area (Å²) < 4.78 is 2.51. The van der Waals surface area contributed by atoms with Crippen LogP contribution >= 0.6 is 0 Å². The zero-order valence-electron chi connectivity index (χ0n) is 20.4. The number of hydrogen-bond donors (Lipinski definition) is 2. The van der Waals surface area contributed by atoms with E-state index in [4.69, 9.17) is 9.97 Å². The van der Waals surface area contributed by atoms with E-state index in [0.717, 1.165) is 56.1 Å². The second kappa shape index (κ2) is 8.82. The van der Waals surface area contributed by atoms with Gasteiger partial charge in [-0.1, -0.05) is 26.7 Å². The first-order valence-corrected chi connectivity index (χ1v) is 13.0. The Balaban J connectivity index is 1.20. The third kappa shape index (κ3) is 3.73. The summed E-state index contributed by atoms with van der Waals surface area (Å²) in [5.41, 5.74) is 3.73. The number of pyridine rings is 1. The van der Waals surface area contributed by atoms with Gasteiger partial charge in [-0.2, -0.15) is 4.98 Å². The molecule has 1 spiro atoms. The molecule has 34 heavy (non-hydrogen) atoms. The Hall–Kier alpha value is -2.71. The van der Waals surface area contributed by atoms with Crippen molar-refractivity contribution in [3.05, 3.63) is 36.3 Å². The standard InChI is InChI=1S/C26H36N8/c1-3-32(4-2)21-9-12-33(17-21)20-7-8-23(28-16-20)30-25-29-14-19-13-22-15-27-18-26(10-5-6-11-26)34(22)24(19)31-25/h7-8,13-14,16,21,27H,3-6,9-12,15,17-18H2,1-2H3,(H,28,29,30,31). The summed E-state index contributed by atoms with van der Waals surface area (Å²) in [5.74, 6) is 1.40. The SMILES string of the molecule is CCN(CC)C1CCN(c2ccc(Nc3ncc4cc5n(c4n3)C3(CCCC3)CNC5)nc2)C1. The lowest BCUT2D eigenvalue weighted by molar-refractivity contribution is 0.232. The quantitative estimate of drug-likeness (QED) is 0.579. The molecule has 0 bridgehead atoms. The molecule has 8 heteroatoms. The Morgan fingerprint density at radius 2 is 2.00 bits per heavy atom. The minimum Gasteiger partial charge on any atom is -0.369 e. The second-order valence-corrected chi connectivity index (χ2v) is 10.1. The van der Waals surface area contributed by atoms with Crippen LogP contribution in [0.25, 0.3) is 11.0 Å². The molecule has 2 aliphatic heterocycles. The molecule has 1 saturated heterocycles. The van der Waals surface area contributed by atoms with E-state index in [-0.39, 0.29) is 5.54 Å². The van der Waals surface area contributed by atoms with Gasteiger partial charge in [0, 0.05) is 49.5 Å². The molecule has 180 valence electrons. The topological polar surface area (TPSA) is 74.1 Å². The highest BCUT2D eigenvalue weighted by molar-refractivity contribution is 5.79. The fourth-order valence-corrected chi connectivity index (χ4v) is 6.47. The molecule has 3 aromatic heterocycles. The number of aromatic nitrogens is 4. The van der Waals surface area contributed by atoms with Gasteiger partial charge in [0.25, 0.3) is 0 Å². The summed E-state index contributed by atoms with van der Waals surface area (Å²) in [6.45, 7) is 10.8. The van der Waals surface area contributed by atoms with Crippen LogP contribution in [-0.4, -0.2) is 63.2 Å². The maximum Gasteiger partial charge on any atom is 0.230 e. The summed E-state index contributed by atoms with van der Waals surface area (Å²) in [7, 11) is 0. The molecule has 0 aromatic carbocycles. The zero-order chi connectivity index (χ0) is 23.1. The Labute approximate surface area is 201 Å². The van der Waals surface area contributed by atoms with Crippen molar-refractivity contribution >= 4 is 28.5 Å². The Morgan fingerprint density at radius 3 is 2.76 bits per heavy atom. The predicted octanol–water partition coefficient (Wildman–Crippen LogP) is 3.86. The van der Waals surface area contributed by atoms with Crippen LogP contribution in [0.3, 0.4) is 0 Å². The van der Waals surface area contributed by atoms with Crippen LogP contribution in [0.4, 0.5) is 17.5 Å². The molecule has 1 atom stereocenters. The van der Waals surface area contributed by atoms with Gasteiger partial charge in [0.05, 0.1) is 17.4 Å². The first kappa shape index (κ1) is 21.8. The highest BCUT2D eigenvalue weighted by Crippen LogP contribution is 2.41. The predicted molar refractivity (Wildman–Crippen MR) is 137 cm³/mol. The fraction of sp³-hybridized carbons (Fsp3) is 0.577. The van der Waals surface area contributed by atoms with Gasteiger partial charge in [0.1, 0.15) is 11.5 Å². The number of rotatable bonds is 6. The van der Waals surface area contributed by atoms with E-state index >= 15 is 0 Å². The normalized spacial score (nSPS) is 21.6. The van der Waals surface area contributed by atoms with Crippen LogP contribution in [0, 0.1) is 0 Å². The molecule has 8 nitrogen and oxygen atoms in total. The molecule has 1 saturated carbocycles. The van der Waals surface area contributed by atoms with E-state index in [1.165, 1.54) is 43.5 Å². The van der Waals surface area contributed by atoms with Crippen molar-refractivity contribution in [1.82, 2.24) is 29.7 Å². The van der Waals surface area contributed by atoms with Crippen LogP contribution in [0.1, 0.15) is 51.6 Å². The van der Waals surface area contributed by atoms with Crippen LogP contribution < -0.4 is 15.5 Å². The maximum atomic E-state index is 4.97. The summed E-state index contributed by atoms with van der Waals surface area (Å²) >= 11 is 0. The lowest BCUT2D eigenvalue weighted by atomic mass is 9.95. The van der Waals surface area contributed by atoms with Gasteiger partial charge in [0.2, 0.25) is 5.95 Å². The van der Waals surface area contributed by atoms with E-state index < -0.39 is 0 Å². The summed E-state index contributed by atoms with van der Waals surface area (Å²) in [6, 6.07) is 7.10. The molecule has 0 radical (unpaired) electrons. The molecule has 5 heterocycles. The zero-order valence-corrected chi connectivity index (χ0v) is 20.4. The van der Waals surface area contributed by atoms with Crippen LogP contribution in [0.15, 0.2) is 30.6 Å². The minimum absolute atomic E-state index is 0.166. The van der Waals surface area contributed by atoms with Crippen molar-refractivity contribution in [2.24, 2.45) is 0 Å². The Morgan fingerprint density at radius 1 is 1.15 bits per heavy atom. The van der Waals surface area contributed by atoms with Gasteiger partial charge in [0.15, 0.2) is 0 Å². The second-order valence-electron chi connectivity index (χ2n) is 10.1. The van der Waals surface area contributed by atoms with Crippen molar-refractivity contribution < 1.29 is 0 Å². The lowest BCUT2D eigenvalue weighted by Crippen LogP contribution is -2.46. The molecule has 1 unspecified atom stereocenters. The van der Waals surface area contributed by atoms with Gasteiger partial charge < -0.3 is 20.1 Å². The van der Waals surface area contributed by atoms with Crippen molar-refractivity contribution in [2.75, 3.05) is 42.9 Å². The van der Waals surface area contributed by atoms with Gasteiger partial charge in [-0.25, -0.2) is 9.97 Å². The third-order valence-electron chi connectivity index (χ3n) is 8.23. The van der Waals surface area contributed by atoms with E-state index in [9.17, 15) is 0 Å². The van der Waals surface area contributed by atoms with Gasteiger partial charge in [-0.15, -0.1) is 0 Å². The largest absolute Gasteiger partial charge is 0.369 e. The number of hydrogen-bond acceptors (Lipinski definition) is 7. The first-order chi connectivity index (χ1) is 16.7. The number of nitrogens with one attached hydrogen (secondary N) is 2. The van der Waals surface area contributed by atoms with Crippen LogP contribution in [-0.2, 0) is 12.1 Å². The summed E-state index contributed by atoms with van der Waals surface area (Å²) in [5, 5.41) is 8.10. The average molecular weight is 461 g/mol. The summed E-state index contributed by atoms with van der Waals surface area (Å²) in [6.07, 6.45) is 10.2. The van der Waals surface area contributed by atoms with E-state index in [1.807, 2.05) is 18.5 Å². The van der Waals surface area contributed by atoms with E-state index in [0.29, 0.717) is 12.0 Å². The maximum absolute atomic E-state index is 4.97.